The molecule has 0 aliphatic heterocycles. The van der Waals surface area contributed by atoms with Crippen molar-refractivity contribution in [2.24, 2.45) is 0 Å². The smallest absolute Gasteiger partial charge is 0.334 e. The SMILES string of the molecule is COC(=O)/C(C)=c1\c2cc(C)ccc2/c(=C(/C)C(=O)OC)c2cc(C)ccc12. The highest BCUT2D eigenvalue weighted by Gasteiger charge is 2.16. The molecular weight excluding hydrogens is 352 g/mol. The van der Waals surface area contributed by atoms with Crippen molar-refractivity contribution >= 4 is 44.6 Å². The Kier molecular flexibility index (Phi) is 5.23. The second-order valence-corrected chi connectivity index (χ2v) is 7.08. The maximum atomic E-state index is 12.4. The van der Waals surface area contributed by atoms with Crippen molar-refractivity contribution in [1.82, 2.24) is 0 Å². The summed E-state index contributed by atoms with van der Waals surface area (Å²) in [6.45, 7) is 7.57. The van der Waals surface area contributed by atoms with Crippen molar-refractivity contribution in [2.75, 3.05) is 14.2 Å². The fraction of sp³-hybridized carbons (Fsp3) is 0.250. The van der Waals surface area contributed by atoms with E-state index in [9.17, 15) is 9.59 Å². The molecule has 4 nitrogen and oxygen atoms in total. The molecule has 0 saturated carbocycles. The molecule has 0 aliphatic rings. The molecule has 0 bridgehead atoms. The van der Waals surface area contributed by atoms with Crippen molar-refractivity contribution < 1.29 is 19.1 Å². The second-order valence-electron chi connectivity index (χ2n) is 7.08. The number of hydrogen-bond acceptors (Lipinski definition) is 4. The van der Waals surface area contributed by atoms with E-state index >= 15 is 0 Å². The van der Waals surface area contributed by atoms with E-state index in [1.165, 1.54) is 14.2 Å². The number of aryl methyl sites for hydroxylation is 2. The molecule has 0 saturated heterocycles. The summed E-state index contributed by atoms with van der Waals surface area (Å²) in [5.41, 5.74) is 3.21. The van der Waals surface area contributed by atoms with Crippen LogP contribution in [0.2, 0.25) is 0 Å². The van der Waals surface area contributed by atoms with Gasteiger partial charge in [0.2, 0.25) is 0 Å². The minimum Gasteiger partial charge on any atom is -0.466 e. The van der Waals surface area contributed by atoms with Crippen LogP contribution in [-0.4, -0.2) is 26.2 Å². The summed E-state index contributed by atoms with van der Waals surface area (Å²) in [5, 5.41) is 5.31. The zero-order chi connectivity index (χ0) is 20.6. The summed E-state index contributed by atoms with van der Waals surface area (Å²) in [7, 11) is 2.77. The van der Waals surface area contributed by atoms with Crippen LogP contribution in [0.4, 0.5) is 0 Å². The molecule has 0 radical (unpaired) electrons. The number of benzene rings is 3. The number of methoxy groups -OCH3 is 2. The molecular formula is C24H24O4. The molecule has 0 N–H and O–H groups in total. The first-order chi connectivity index (χ1) is 13.3. The molecule has 3 rings (SSSR count). The lowest BCUT2D eigenvalue weighted by Crippen LogP contribution is -2.23. The lowest BCUT2D eigenvalue weighted by molar-refractivity contribution is -0.134. The predicted octanol–water partition coefficient (Wildman–Crippen LogP) is 3.30. The highest BCUT2D eigenvalue weighted by Crippen LogP contribution is 2.19. The van der Waals surface area contributed by atoms with E-state index < -0.39 is 0 Å². The van der Waals surface area contributed by atoms with Crippen LogP contribution in [0.1, 0.15) is 25.0 Å². The number of ether oxygens (including phenoxy) is 2. The van der Waals surface area contributed by atoms with Gasteiger partial charge in [-0.05, 0) is 49.2 Å². The first-order valence-corrected chi connectivity index (χ1v) is 9.11. The van der Waals surface area contributed by atoms with Gasteiger partial charge >= 0.3 is 11.9 Å². The van der Waals surface area contributed by atoms with Crippen molar-refractivity contribution in [3.8, 4) is 0 Å². The third-order valence-electron chi connectivity index (χ3n) is 5.16. The monoisotopic (exact) mass is 376 g/mol. The second kappa shape index (κ2) is 7.47. The molecule has 0 spiro atoms. The van der Waals surface area contributed by atoms with Crippen LogP contribution in [0, 0.1) is 13.8 Å². The molecule has 3 aromatic carbocycles. The first kappa shape index (κ1) is 19.6. The Morgan fingerprint density at radius 2 is 1.00 bits per heavy atom. The summed E-state index contributed by atoms with van der Waals surface area (Å²) in [4.78, 5) is 24.8. The summed E-state index contributed by atoms with van der Waals surface area (Å²) in [6.07, 6.45) is 0. The standard InChI is InChI=1S/C24H24O4/c1-13-7-9-17-19(11-13)21(15(3)23(25)27-5)18-10-8-14(2)12-20(18)22(17)16(4)24(26)28-6/h7-12H,1-6H3/b21-15-,22-16+. The Balaban J connectivity index is 2.81. The Labute approximate surface area is 164 Å². The van der Waals surface area contributed by atoms with Gasteiger partial charge in [-0.15, -0.1) is 0 Å². The quantitative estimate of drug-likeness (QED) is 0.509. The maximum Gasteiger partial charge on any atom is 0.334 e. The average molecular weight is 376 g/mol. The van der Waals surface area contributed by atoms with E-state index in [1.807, 2.05) is 50.2 Å². The minimum atomic E-state index is -0.369. The third kappa shape index (κ3) is 3.15. The van der Waals surface area contributed by atoms with Gasteiger partial charge < -0.3 is 9.47 Å². The van der Waals surface area contributed by atoms with Gasteiger partial charge in [-0.25, -0.2) is 9.59 Å². The predicted molar refractivity (Wildman–Crippen MR) is 112 cm³/mol. The molecule has 0 amide bonds. The molecule has 0 heterocycles. The van der Waals surface area contributed by atoms with Gasteiger partial charge in [-0.1, -0.05) is 47.5 Å². The molecule has 3 aromatic rings. The molecule has 4 heteroatoms. The molecule has 0 unspecified atom stereocenters. The van der Waals surface area contributed by atoms with Gasteiger partial charge in [0, 0.05) is 21.6 Å². The number of carbonyl (C=O) groups excluding carboxylic acids is 2. The highest BCUT2D eigenvalue weighted by molar-refractivity contribution is 6.17. The number of rotatable bonds is 2. The lowest BCUT2D eigenvalue weighted by Gasteiger charge is -2.13. The van der Waals surface area contributed by atoms with Crippen LogP contribution < -0.4 is 10.4 Å². The van der Waals surface area contributed by atoms with Crippen molar-refractivity contribution in [3.05, 3.63) is 58.0 Å². The Morgan fingerprint density at radius 3 is 1.32 bits per heavy atom. The van der Waals surface area contributed by atoms with Crippen molar-refractivity contribution in [2.45, 2.75) is 27.7 Å². The van der Waals surface area contributed by atoms with E-state index in [1.54, 1.807) is 13.8 Å². The minimum absolute atomic E-state index is 0.369. The van der Waals surface area contributed by atoms with E-state index in [0.717, 1.165) is 43.1 Å². The molecule has 0 aliphatic carbocycles. The summed E-state index contributed by atoms with van der Waals surface area (Å²) in [5.74, 6) is -0.739. The third-order valence-corrected chi connectivity index (χ3v) is 5.16. The van der Waals surface area contributed by atoms with E-state index in [2.05, 4.69) is 0 Å². The molecule has 0 atom stereocenters. The fourth-order valence-electron chi connectivity index (χ4n) is 3.77. The Hall–Kier alpha value is -3.14. The highest BCUT2D eigenvalue weighted by atomic mass is 16.5. The first-order valence-electron chi connectivity index (χ1n) is 9.11. The van der Waals surface area contributed by atoms with Crippen molar-refractivity contribution in [3.63, 3.8) is 0 Å². The van der Waals surface area contributed by atoms with Gasteiger partial charge in [0.05, 0.1) is 14.2 Å². The molecule has 28 heavy (non-hydrogen) atoms. The topological polar surface area (TPSA) is 52.6 Å². The zero-order valence-electron chi connectivity index (χ0n) is 17.1. The fourth-order valence-corrected chi connectivity index (χ4v) is 3.77. The molecule has 144 valence electrons. The van der Waals surface area contributed by atoms with Crippen LogP contribution in [0.3, 0.4) is 0 Å². The lowest BCUT2D eigenvalue weighted by atomic mass is 9.92. The van der Waals surface area contributed by atoms with Crippen LogP contribution in [0.5, 0.6) is 0 Å². The molecule has 0 aromatic heterocycles. The van der Waals surface area contributed by atoms with E-state index in [0.29, 0.717) is 11.1 Å². The van der Waals surface area contributed by atoms with Gasteiger partial charge in [0.15, 0.2) is 0 Å². The van der Waals surface area contributed by atoms with Crippen molar-refractivity contribution in [1.29, 1.82) is 0 Å². The van der Waals surface area contributed by atoms with Crippen LogP contribution in [0.15, 0.2) is 36.4 Å². The van der Waals surface area contributed by atoms with Crippen LogP contribution in [0.25, 0.3) is 32.7 Å². The summed E-state index contributed by atoms with van der Waals surface area (Å²) < 4.78 is 9.99. The van der Waals surface area contributed by atoms with Crippen LogP contribution in [-0.2, 0) is 19.1 Å². The number of hydrogen-bond donors (Lipinski definition) is 0. The summed E-state index contributed by atoms with van der Waals surface area (Å²) in [6, 6.07) is 12.1. The molecule has 0 fully saturated rings. The Morgan fingerprint density at radius 1 is 0.643 bits per heavy atom. The summed E-state index contributed by atoms with van der Waals surface area (Å²) >= 11 is 0. The van der Waals surface area contributed by atoms with E-state index in [-0.39, 0.29) is 11.9 Å². The Bertz CT molecular complexity index is 1150. The van der Waals surface area contributed by atoms with Gasteiger partial charge in [-0.2, -0.15) is 0 Å². The maximum absolute atomic E-state index is 12.4. The van der Waals surface area contributed by atoms with Gasteiger partial charge in [0.1, 0.15) is 0 Å². The van der Waals surface area contributed by atoms with Gasteiger partial charge in [-0.3, -0.25) is 0 Å². The number of fused-ring (bicyclic) bond motifs is 2. The normalized spacial score (nSPS) is 13.4. The van der Waals surface area contributed by atoms with Gasteiger partial charge in [0.25, 0.3) is 0 Å². The largest absolute Gasteiger partial charge is 0.466 e. The van der Waals surface area contributed by atoms with Crippen LogP contribution >= 0.6 is 0 Å². The van der Waals surface area contributed by atoms with E-state index in [4.69, 9.17) is 9.47 Å². The average Bonchev–Trinajstić information content (AvgIpc) is 2.69. The number of carbonyl (C=O) groups is 2. The number of esters is 2. The zero-order valence-corrected chi connectivity index (χ0v) is 17.1.